The minimum Gasteiger partial charge on any atom is -0.310 e. The number of nitrogens with zero attached hydrogens (tertiary/aromatic N) is 1. The van der Waals surface area contributed by atoms with Crippen LogP contribution in [0.15, 0.2) is 200 Å². The number of fused-ring (bicyclic) bond motifs is 12. The van der Waals surface area contributed by atoms with Crippen molar-refractivity contribution in [3.63, 3.8) is 0 Å². The van der Waals surface area contributed by atoms with E-state index in [-0.39, 0.29) is 5.41 Å². The summed E-state index contributed by atoms with van der Waals surface area (Å²) >= 11 is 0. The van der Waals surface area contributed by atoms with E-state index in [1.807, 2.05) is 0 Å². The third-order valence-corrected chi connectivity index (χ3v) is 15.1. The second-order valence-corrected chi connectivity index (χ2v) is 19.2. The summed E-state index contributed by atoms with van der Waals surface area (Å²) in [5.74, 6) is 0. The minimum atomic E-state index is -0.520. The van der Waals surface area contributed by atoms with Gasteiger partial charge in [0.05, 0.1) is 10.8 Å². The van der Waals surface area contributed by atoms with E-state index in [0.29, 0.717) is 0 Å². The molecule has 9 aromatic carbocycles. The first-order valence-electron chi connectivity index (χ1n) is 22.8. The van der Waals surface area contributed by atoms with Crippen LogP contribution >= 0.6 is 0 Å². The molecule has 1 heteroatoms. The number of rotatable bonds is 5. The van der Waals surface area contributed by atoms with Crippen LogP contribution in [0.2, 0.25) is 0 Å². The molecule has 0 saturated carbocycles. The fourth-order valence-corrected chi connectivity index (χ4v) is 12.1. The molecule has 0 radical (unpaired) electrons. The van der Waals surface area contributed by atoms with E-state index in [4.69, 9.17) is 0 Å². The molecule has 0 N–H and O–H groups in total. The van der Waals surface area contributed by atoms with E-state index in [2.05, 4.69) is 247 Å². The fraction of sp³-hybridized carbons (Fsp3) is 0.143. The van der Waals surface area contributed by atoms with Gasteiger partial charge >= 0.3 is 0 Å². The van der Waals surface area contributed by atoms with E-state index in [1.165, 1.54) is 100 Å². The van der Waals surface area contributed by atoms with Crippen LogP contribution in [0, 0.1) is 27.7 Å². The maximum absolute atomic E-state index is 2.53. The average Bonchev–Trinajstić information content (AvgIpc) is 3.77. The molecule has 0 amide bonds. The molecule has 12 rings (SSSR count). The first-order valence-corrected chi connectivity index (χ1v) is 22.8. The Hall–Kier alpha value is -7.22. The highest BCUT2D eigenvalue weighted by molar-refractivity contribution is 5.93. The Labute approximate surface area is 378 Å². The van der Waals surface area contributed by atoms with Crippen molar-refractivity contribution in [2.75, 3.05) is 4.90 Å². The molecule has 0 atom stereocenters. The predicted octanol–water partition coefficient (Wildman–Crippen LogP) is 15.8. The van der Waals surface area contributed by atoms with Gasteiger partial charge in [-0.3, -0.25) is 0 Å². The maximum Gasteiger partial charge on any atom is 0.0720 e. The Morgan fingerprint density at radius 3 is 1.19 bits per heavy atom. The smallest absolute Gasteiger partial charge is 0.0720 e. The van der Waals surface area contributed by atoms with Gasteiger partial charge in [0.1, 0.15) is 0 Å². The molecule has 1 nitrogen and oxygen atoms in total. The Kier molecular flexibility index (Phi) is 8.35. The Balaban J connectivity index is 1.14. The highest BCUT2D eigenvalue weighted by Crippen LogP contribution is 2.63. The van der Waals surface area contributed by atoms with Crippen molar-refractivity contribution in [2.45, 2.75) is 57.8 Å². The quantitative estimate of drug-likeness (QED) is 0.167. The third-order valence-electron chi connectivity index (χ3n) is 15.1. The van der Waals surface area contributed by atoms with Crippen LogP contribution in [0.3, 0.4) is 0 Å². The van der Waals surface area contributed by atoms with Gasteiger partial charge in [-0.2, -0.15) is 0 Å². The molecule has 0 fully saturated rings. The second-order valence-electron chi connectivity index (χ2n) is 19.2. The number of para-hydroxylation sites is 1. The summed E-state index contributed by atoms with van der Waals surface area (Å²) in [6.07, 6.45) is 0. The lowest BCUT2D eigenvalue weighted by Gasteiger charge is -2.47. The van der Waals surface area contributed by atoms with Gasteiger partial charge in [-0.05, 0) is 142 Å². The topological polar surface area (TPSA) is 3.24 Å². The Morgan fingerprint density at radius 2 is 0.688 bits per heavy atom. The van der Waals surface area contributed by atoms with Crippen LogP contribution in [0.4, 0.5) is 17.1 Å². The number of aryl methyl sites for hydroxylation is 4. The van der Waals surface area contributed by atoms with Gasteiger partial charge in [-0.1, -0.05) is 200 Å². The van der Waals surface area contributed by atoms with Crippen molar-refractivity contribution in [1.82, 2.24) is 0 Å². The summed E-state index contributed by atoms with van der Waals surface area (Å²) in [4.78, 5) is 2.49. The van der Waals surface area contributed by atoms with Gasteiger partial charge < -0.3 is 4.90 Å². The first-order chi connectivity index (χ1) is 31.1. The number of hydrogen-bond donors (Lipinski definition) is 0. The molecular weight excluding hydrogens is 771 g/mol. The molecule has 9 aromatic rings. The zero-order chi connectivity index (χ0) is 43.5. The highest BCUT2D eigenvalue weighted by atomic mass is 15.1. The zero-order valence-electron chi connectivity index (χ0n) is 37.5. The monoisotopic (exact) mass is 821 g/mol. The lowest BCUT2D eigenvalue weighted by Crippen LogP contribution is -2.41. The van der Waals surface area contributed by atoms with Crippen LogP contribution in [0.5, 0.6) is 0 Å². The summed E-state index contributed by atoms with van der Waals surface area (Å²) < 4.78 is 0. The standard InChI is InChI=1S/C63H51N/c1-40-20-26-44(27-21-40)62(45-28-22-41(2)23-29-45)53-18-12-10-16-49(53)51-32-30-47(38-57(51)62)64(46-14-8-7-9-15-46)48-31-33-52-50-17-11-13-19-54(50)63(58(52)39-48)55-34-24-42(3)36-59(55)61(5,6)60-37-43(4)25-35-56(60)63/h7-39H,1-6H3. The van der Waals surface area contributed by atoms with E-state index in [9.17, 15) is 0 Å². The fourth-order valence-electron chi connectivity index (χ4n) is 12.1. The predicted molar refractivity (Wildman–Crippen MR) is 267 cm³/mol. The van der Waals surface area contributed by atoms with Crippen molar-refractivity contribution in [3.8, 4) is 22.3 Å². The second kappa shape index (κ2) is 13.9. The number of anilines is 3. The van der Waals surface area contributed by atoms with Gasteiger partial charge in [-0.15, -0.1) is 0 Å². The molecule has 0 saturated heterocycles. The summed E-state index contributed by atoms with van der Waals surface area (Å²) in [6.45, 7) is 13.7. The van der Waals surface area contributed by atoms with Crippen molar-refractivity contribution < 1.29 is 0 Å². The van der Waals surface area contributed by atoms with Crippen LogP contribution in [-0.4, -0.2) is 0 Å². The molecular formula is C63H51N. The largest absolute Gasteiger partial charge is 0.310 e. The number of benzene rings is 9. The number of hydrogen-bond acceptors (Lipinski definition) is 1. The minimum absolute atomic E-state index is 0.178. The summed E-state index contributed by atoms with van der Waals surface area (Å²) in [5.41, 5.74) is 25.9. The van der Waals surface area contributed by atoms with Gasteiger partial charge in [0.25, 0.3) is 0 Å². The van der Waals surface area contributed by atoms with Crippen molar-refractivity contribution in [1.29, 1.82) is 0 Å². The first kappa shape index (κ1) is 38.5. The SMILES string of the molecule is Cc1ccc(C2(c3ccc(C)cc3)c3ccccc3-c3ccc(N(c4ccccc4)c4ccc5c(c4)C4(c6ccccc6-5)c5ccc(C)cc5C(C)(C)c5cc(C)ccc54)cc32)cc1. The van der Waals surface area contributed by atoms with Crippen molar-refractivity contribution in [2.24, 2.45) is 0 Å². The summed E-state index contributed by atoms with van der Waals surface area (Å²) in [7, 11) is 0. The lowest BCUT2D eigenvalue weighted by atomic mass is 9.55. The molecule has 308 valence electrons. The Morgan fingerprint density at radius 1 is 0.281 bits per heavy atom. The summed E-state index contributed by atoms with van der Waals surface area (Å²) in [6, 6.07) is 76.7. The normalized spacial score (nSPS) is 15.1. The molecule has 0 aromatic heterocycles. The average molecular weight is 822 g/mol. The Bertz CT molecular complexity index is 3230. The van der Waals surface area contributed by atoms with Crippen molar-refractivity contribution >= 4 is 17.1 Å². The van der Waals surface area contributed by atoms with E-state index < -0.39 is 10.8 Å². The van der Waals surface area contributed by atoms with E-state index in [0.717, 1.165) is 17.1 Å². The molecule has 0 heterocycles. The third kappa shape index (κ3) is 5.19. The zero-order valence-corrected chi connectivity index (χ0v) is 37.5. The van der Waals surface area contributed by atoms with E-state index >= 15 is 0 Å². The van der Waals surface area contributed by atoms with Gasteiger partial charge in [0.15, 0.2) is 0 Å². The molecule has 0 bridgehead atoms. The molecule has 3 aliphatic carbocycles. The van der Waals surface area contributed by atoms with E-state index in [1.54, 1.807) is 0 Å². The summed E-state index contributed by atoms with van der Waals surface area (Å²) in [5, 5.41) is 0. The van der Waals surface area contributed by atoms with Gasteiger partial charge in [0, 0.05) is 22.5 Å². The molecule has 0 aliphatic heterocycles. The van der Waals surface area contributed by atoms with Gasteiger partial charge in [-0.25, -0.2) is 0 Å². The van der Waals surface area contributed by atoms with Crippen LogP contribution < -0.4 is 4.90 Å². The lowest BCUT2D eigenvalue weighted by molar-refractivity contribution is 0.562. The van der Waals surface area contributed by atoms with Crippen molar-refractivity contribution in [3.05, 3.63) is 278 Å². The molecule has 64 heavy (non-hydrogen) atoms. The maximum atomic E-state index is 2.53. The van der Waals surface area contributed by atoms with Gasteiger partial charge in [0.2, 0.25) is 0 Å². The highest BCUT2D eigenvalue weighted by Gasteiger charge is 2.54. The van der Waals surface area contributed by atoms with Crippen LogP contribution in [-0.2, 0) is 16.2 Å². The van der Waals surface area contributed by atoms with Crippen LogP contribution in [0.25, 0.3) is 22.3 Å². The van der Waals surface area contributed by atoms with Crippen LogP contribution in [0.1, 0.15) is 91.7 Å². The molecule has 0 unspecified atom stereocenters. The molecule has 1 spiro atoms. The molecule has 3 aliphatic rings.